The van der Waals surface area contributed by atoms with E-state index in [1.54, 1.807) is 11.5 Å². The number of carbonyl (C=O) groups excluding carboxylic acids is 1. The quantitative estimate of drug-likeness (QED) is 0.263. The van der Waals surface area contributed by atoms with Gasteiger partial charge < -0.3 is 34.1 Å². The Morgan fingerprint density at radius 2 is 2.15 bits per heavy atom. The number of aliphatic hydroxyl groups excluding tert-OH is 1. The molecule has 15 heteroatoms. The van der Waals surface area contributed by atoms with Crippen molar-refractivity contribution in [3.05, 3.63) is 42.2 Å². The summed E-state index contributed by atoms with van der Waals surface area (Å²) in [6, 6.07) is 8.57. The number of ether oxygens (including phenoxy) is 3. The number of nitrogens with two attached hydrogens (primary N) is 1. The van der Waals surface area contributed by atoms with Crippen molar-refractivity contribution < 1.29 is 33.2 Å². The van der Waals surface area contributed by atoms with Crippen LogP contribution in [0.4, 0.5) is 5.95 Å². The molecule has 0 amide bonds. The van der Waals surface area contributed by atoms with Crippen LogP contribution in [0.5, 0.6) is 5.88 Å². The monoisotopic (exact) mass is 578 g/mol. The molecule has 13 nitrogen and oxygen atoms in total. The van der Waals surface area contributed by atoms with E-state index < -0.39 is 36.5 Å². The van der Waals surface area contributed by atoms with E-state index in [-0.39, 0.29) is 31.6 Å². The van der Waals surface area contributed by atoms with Crippen LogP contribution in [0.3, 0.4) is 0 Å². The van der Waals surface area contributed by atoms with E-state index in [1.807, 2.05) is 30.3 Å². The van der Waals surface area contributed by atoms with Crippen LogP contribution in [-0.2, 0) is 35.5 Å². The first-order valence-corrected chi connectivity index (χ1v) is 15.7. The summed E-state index contributed by atoms with van der Waals surface area (Å²) < 4.78 is 37.7. The minimum Gasteiger partial charge on any atom is -0.479 e. The second-order valence-electron chi connectivity index (χ2n) is 9.57. The molecule has 0 bridgehead atoms. The Bertz CT molecular complexity index is 1380. The molecule has 39 heavy (non-hydrogen) atoms. The maximum absolute atomic E-state index is 13.6. The van der Waals surface area contributed by atoms with E-state index in [4.69, 9.17) is 24.5 Å². The number of hydrogen-bond acceptors (Lipinski definition) is 12. The van der Waals surface area contributed by atoms with Crippen LogP contribution < -0.4 is 15.6 Å². The van der Waals surface area contributed by atoms with Gasteiger partial charge in [-0.2, -0.15) is 9.97 Å². The van der Waals surface area contributed by atoms with Crippen LogP contribution in [0.1, 0.15) is 25.3 Å². The minimum atomic E-state index is -3.50. The van der Waals surface area contributed by atoms with Crippen molar-refractivity contribution in [2.24, 2.45) is 0 Å². The number of anilines is 1. The lowest BCUT2D eigenvalue weighted by Gasteiger charge is -2.30. The molecule has 5 unspecified atom stereocenters. The van der Waals surface area contributed by atoms with Crippen LogP contribution in [-0.4, -0.2) is 74.9 Å². The SMILES string of the molecule is COc1nc(N)nc2c1ncn2C1(C)COC(COP2(=O)NC(C(=O)OCc3ccccc3)CCCS2)C1O. The lowest BCUT2D eigenvalue weighted by atomic mass is 9.94. The zero-order chi connectivity index (χ0) is 27.6. The second-order valence-corrected chi connectivity index (χ2v) is 14.0. The summed E-state index contributed by atoms with van der Waals surface area (Å²) in [6.45, 7) is -1.63. The lowest BCUT2D eigenvalue weighted by Crippen LogP contribution is -2.44. The van der Waals surface area contributed by atoms with E-state index in [0.29, 0.717) is 29.8 Å². The van der Waals surface area contributed by atoms with Crippen LogP contribution in [0.15, 0.2) is 36.7 Å². The van der Waals surface area contributed by atoms with Gasteiger partial charge in [0.1, 0.15) is 24.9 Å². The summed E-state index contributed by atoms with van der Waals surface area (Å²) in [5, 5.41) is 14.2. The second kappa shape index (κ2) is 11.4. The van der Waals surface area contributed by atoms with Crippen molar-refractivity contribution in [2.45, 2.75) is 50.2 Å². The van der Waals surface area contributed by atoms with Gasteiger partial charge >= 0.3 is 12.7 Å². The van der Waals surface area contributed by atoms with Gasteiger partial charge in [-0.25, -0.2) is 10.1 Å². The van der Waals surface area contributed by atoms with Gasteiger partial charge in [0.25, 0.3) is 0 Å². The molecule has 4 N–H and O–H groups in total. The number of carbonyl (C=O) groups is 1. The normalized spacial score (nSPS) is 29.3. The molecule has 1 aromatic carbocycles. The highest BCUT2D eigenvalue weighted by molar-refractivity contribution is 8.56. The number of aliphatic hydroxyl groups is 1. The van der Waals surface area contributed by atoms with Gasteiger partial charge in [0.05, 0.1) is 32.2 Å². The summed E-state index contributed by atoms with van der Waals surface area (Å²) in [6.07, 6.45) is 0.796. The number of imidazole rings is 1. The van der Waals surface area contributed by atoms with Crippen molar-refractivity contribution in [2.75, 3.05) is 31.8 Å². The van der Waals surface area contributed by atoms with Crippen molar-refractivity contribution in [1.82, 2.24) is 24.6 Å². The molecule has 2 aromatic heterocycles. The molecule has 5 atom stereocenters. The third-order valence-corrected chi connectivity index (χ3v) is 11.0. The summed E-state index contributed by atoms with van der Waals surface area (Å²) in [4.78, 5) is 25.4. The van der Waals surface area contributed by atoms with Gasteiger partial charge in [0.15, 0.2) is 11.2 Å². The Balaban J connectivity index is 1.24. The molecule has 5 rings (SSSR count). The lowest BCUT2D eigenvalue weighted by molar-refractivity contribution is -0.147. The van der Waals surface area contributed by atoms with E-state index in [9.17, 15) is 14.5 Å². The summed E-state index contributed by atoms with van der Waals surface area (Å²) in [5.74, 6) is 0.283. The maximum Gasteiger partial charge on any atom is 0.327 e. The number of fused-ring (bicyclic) bond motifs is 1. The Morgan fingerprint density at radius 3 is 2.92 bits per heavy atom. The first-order chi connectivity index (χ1) is 18.7. The fourth-order valence-corrected chi connectivity index (χ4v) is 8.46. The summed E-state index contributed by atoms with van der Waals surface area (Å²) >= 11 is 1.13. The van der Waals surface area contributed by atoms with E-state index in [0.717, 1.165) is 16.9 Å². The predicted molar refractivity (Wildman–Crippen MR) is 144 cm³/mol. The Morgan fingerprint density at radius 1 is 1.36 bits per heavy atom. The van der Waals surface area contributed by atoms with Crippen molar-refractivity contribution in [3.8, 4) is 5.88 Å². The summed E-state index contributed by atoms with van der Waals surface area (Å²) in [7, 11) is 1.46. The van der Waals surface area contributed by atoms with Gasteiger partial charge in [-0.1, -0.05) is 41.7 Å². The van der Waals surface area contributed by atoms with Crippen LogP contribution in [0.2, 0.25) is 0 Å². The Labute approximate surface area is 229 Å². The molecular weight excluding hydrogens is 547 g/mol. The highest BCUT2D eigenvalue weighted by atomic mass is 32.7. The van der Waals surface area contributed by atoms with Crippen molar-refractivity contribution >= 4 is 41.2 Å². The number of benzene rings is 1. The Kier molecular flexibility index (Phi) is 8.13. The fraction of sp³-hybridized carbons (Fsp3) is 0.500. The largest absolute Gasteiger partial charge is 0.479 e. The zero-order valence-corrected chi connectivity index (χ0v) is 23.3. The molecule has 3 aromatic rings. The molecular formula is C24H31N6O7PS. The van der Waals surface area contributed by atoms with Crippen LogP contribution >= 0.6 is 18.1 Å². The van der Waals surface area contributed by atoms with Crippen molar-refractivity contribution in [3.63, 3.8) is 0 Å². The Hall–Kier alpha value is -2.74. The highest BCUT2D eigenvalue weighted by Crippen LogP contribution is 2.58. The third kappa shape index (κ3) is 5.76. The molecule has 4 heterocycles. The average molecular weight is 579 g/mol. The number of nitrogen functional groups attached to an aromatic ring is 1. The minimum absolute atomic E-state index is 0.00407. The van der Waals surface area contributed by atoms with Crippen molar-refractivity contribution in [1.29, 1.82) is 0 Å². The first-order valence-electron chi connectivity index (χ1n) is 12.4. The smallest absolute Gasteiger partial charge is 0.327 e. The van der Waals surface area contributed by atoms with Crippen LogP contribution in [0, 0.1) is 0 Å². The number of aromatic nitrogens is 4. The van der Waals surface area contributed by atoms with Gasteiger partial charge in [-0.15, -0.1) is 0 Å². The molecule has 0 aliphatic carbocycles. The van der Waals surface area contributed by atoms with Gasteiger partial charge in [0, 0.05) is 5.75 Å². The number of esters is 1. The van der Waals surface area contributed by atoms with Crippen LogP contribution in [0.25, 0.3) is 11.2 Å². The molecule has 0 spiro atoms. The number of hydrogen-bond donors (Lipinski definition) is 3. The molecule has 0 saturated carbocycles. The van der Waals surface area contributed by atoms with E-state index >= 15 is 0 Å². The molecule has 2 aliphatic rings. The predicted octanol–water partition coefficient (Wildman–Crippen LogP) is 2.25. The highest BCUT2D eigenvalue weighted by Gasteiger charge is 2.49. The number of nitrogens with one attached hydrogen (secondary N) is 1. The zero-order valence-electron chi connectivity index (χ0n) is 21.6. The first kappa shape index (κ1) is 27.8. The number of nitrogens with zero attached hydrogens (tertiary/aromatic N) is 4. The van der Waals surface area contributed by atoms with Gasteiger partial charge in [-0.3, -0.25) is 9.36 Å². The molecule has 2 saturated heterocycles. The number of methoxy groups -OCH3 is 1. The number of rotatable bonds is 8. The fourth-order valence-electron chi connectivity index (χ4n) is 4.62. The topological polar surface area (TPSA) is 173 Å². The van der Waals surface area contributed by atoms with E-state index in [1.165, 1.54) is 13.4 Å². The molecule has 2 aliphatic heterocycles. The maximum atomic E-state index is 13.6. The van der Waals surface area contributed by atoms with Gasteiger partial charge in [-0.05, 0) is 25.3 Å². The van der Waals surface area contributed by atoms with Gasteiger partial charge in [0.2, 0.25) is 11.8 Å². The molecule has 2 fully saturated rings. The molecule has 0 radical (unpaired) electrons. The molecule has 210 valence electrons. The van der Waals surface area contributed by atoms with E-state index in [2.05, 4.69) is 20.0 Å². The third-order valence-electron chi connectivity index (χ3n) is 6.83. The average Bonchev–Trinajstić information content (AvgIpc) is 3.42. The standard InChI is InChI=1S/C24H31N6O7PS/c1-24(30-14-26-18-20(30)27-23(25)28-21(18)34-2)13-36-17(19(24)31)12-37-38(33)29-16(9-6-10-39-38)22(32)35-11-15-7-4-3-5-8-15/h3-5,7-8,14,16-17,19,31H,6,9-13H2,1-2H3,(H,29,33)(H2,25,27,28). The summed E-state index contributed by atoms with van der Waals surface area (Å²) in [5.41, 5.74) is 6.51.